The Labute approximate surface area is 118 Å². The molecule has 1 aromatic rings. The van der Waals surface area contributed by atoms with Crippen molar-refractivity contribution in [2.24, 2.45) is 0 Å². The highest BCUT2D eigenvalue weighted by molar-refractivity contribution is 5.78. The van der Waals surface area contributed by atoms with Gasteiger partial charge in [-0.2, -0.15) is 0 Å². The fraction of sp³-hybridized carbons (Fsp3) is 0.500. The number of nitrogens with zero attached hydrogens (tertiary/aromatic N) is 1. The number of benzene rings is 1. The molecule has 6 heteroatoms. The van der Waals surface area contributed by atoms with E-state index in [1.807, 2.05) is 0 Å². The van der Waals surface area contributed by atoms with Gasteiger partial charge in [0.1, 0.15) is 0 Å². The lowest BCUT2D eigenvalue weighted by molar-refractivity contribution is -0.167. The Morgan fingerprint density at radius 1 is 1.20 bits per heavy atom. The number of hydrogen-bond acceptors (Lipinski definition) is 5. The van der Waals surface area contributed by atoms with E-state index in [-0.39, 0.29) is 12.3 Å². The van der Waals surface area contributed by atoms with E-state index in [1.165, 1.54) is 5.06 Å². The predicted molar refractivity (Wildman–Crippen MR) is 72.1 cm³/mol. The van der Waals surface area contributed by atoms with Crippen LogP contribution in [0.3, 0.4) is 0 Å². The van der Waals surface area contributed by atoms with Gasteiger partial charge in [-0.05, 0) is 24.1 Å². The largest absolute Gasteiger partial charge is 0.493 e. The molecule has 0 saturated carbocycles. The van der Waals surface area contributed by atoms with E-state index in [0.29, 0.717) is 30.4 Å². The fourth-order valence-corrected chi connectivity index (χ4v) is 2.14. The normalized spacial score (nSPS) is 14.2. The molecule has 1 aromatic carbocycles. The maximum absolute atomic E-state index is 12.1. The first-order valence-corrected chi connectivity index (χ1v) is 6.41. The zero-order valence-corrected chi connectivity index (χ0v) is 12.0. The molecule has 1 heterocycles. The van der Waals surface area contributed by atoms with Gasteiger partial charge in [0.15, 0.2) is 11.5 Å². The summed E-state index contributed by atoms with van der Waals surface area (Å²) in [6, 6.07) is 3.55. The molecule has 0 unspecified atom stereocenters. The molecule has 1 amide bonds. The number of rotatable bonds is 5. The van der Waals surface area contributed by atoms with Crippen LogP contribution in [-0.2, 0) is 16.1 Å². The second kappa shape index (κ2) is 6.47. The van der Waals surface area contributed by atoms with Gasteiger partial charge in [-0.3, -0.25) is 9.63 Å². The average molecular weight is 281 g/mol. The second-order valence-corrected chi connectivity index (χ2v) is 4.39. The van der Waals surface area contributed by atoms with Crippen LogP contribution in [0.4, 0.5) is 0 Å². The van der Waals surface area contributed by atoms with Gasteiger partial charge in [0.05, 0.1) is 40.9 Å². The number of methoxy groups -OCH3 is 3. The Hall–Kier alpha value is -1.95. The summed E-state index contributed by atoms with van der Waals surface area (Å²) in [6.45, 7) is 1.24. The molecule has 0 spiro atoms. The van der Waals surface area contributed by atoms with E-state index in [4.69, 9.17) is 19.0 Å². The van der Waals surface area contributed by atoms with Crippen LogP contribution < -0.4 is 14.2 Å². The molecule has 0 atom stereocenters. The molecular formula is C14H19NO5. The minimum atomic E-state index is -0.0724. The van der Waals surface area contributed by atoms with Gasteiger partial charge in [0.25, 0.3) is 5.91 Å². The maximum atomic E-state index is 12.1. The van der Waals surface area contributed by atoms with Crippen molar-refractivity contribution in [2.45, 2.75) is 12.8 Å². The molecule has 2 rings (SSSR count). The number of hydrogen-bond donors (Lipinski definition) is 0. The molecule has 1 fully saturated rings. The predicted octanol–water partition coefficient (Wildman–Crippen LogP) is 1.42. The molecule has 0 radical (unpaired) electrons. The standard InChI is InChI=1S/C14H19NO5/c1-17-11-7-10(8-12(18-2)14(11)19-3)9-13(16)15-5-4-6-20-15/h7-8H,4-6,9H2,1-3H3. The van der Waals surface area contributed by atoms with Gasteiger partial charge in [0.2, 0.25) is 5.75 Å². The molecule has 1 saturated heterocycles. The van der Waals surface area contributed by atoms with Crippen LogP contribution in [0.25, 0.3) is 0 Å². The Balaban J connectivity index is 2.21. The molecule has 20 heavy (non-hydrogen) atoms. The summed E-state index contributed by atoms with van der Waals surface area (Å²) in [5.41, 5.74) is 0.792. The van der Waals surface area contributed by atoms with E-state index < -0.39 is 0 Å². The van der Waals surface area contributed by atoms with E-state index in [0.717, 1.165) is 12.0 Å². The summed E-state index contributed by atoms with van der Waals surface area (Å²) in [6.07, 6.45) is 1.11. The van der Waals surface area contributed by atoms with E-state index >= 15 is 0 Å². The van der Waals surface area contributed by atoms with Crippen molar-refractivity contribution in [3.05, 3.63) is 17.7 Å². The Morgan fingerprint density at radius 2 is 1.85 bits per heavy atom. The number of amides is 1. The van der Waals surface area contributed by atoms with Crippen molar-refractivity contribution in [3.8, 4) is 17.2 Å². The first-order chi connectivity index (χ1) is 9.69. The summed E-state index contributed by atoms with van der Waals surface area (Å²) in [4.78, 5) is 17.3. The molecule has 0 bridgehead atoms. The van der Waals surface area contributed by atoms with Crippen molar-refractivity contribution >= 4 is 5.91 Å². The quantitative estimate of drug-likeness (QED) is 0.817. The van der Waals surface area contributed by atoms with E-state index in [2.05, 4.69) is 0 Å². The molecule has 110 valence electrons. The lowest BCUT2D eigenvalue weighted by atomic mass is 10.1. The highest BCUT2D eigenvalue weighted by Crippen LogP contribution is 2.38. The number of carbonyl (C=O) groups excluding carboxylic acids is 1. The Kier molecular flexibility index (Phi) is 4.68. The lowest BCUT2D eigenvalue weighted by Gasteiger charge is -2.16. The minimum Gasteiger partial charge on any atom is -0.493 e. The van der Waals surface area contributed by atoms with Crippen molar-refractivity contribution in [2.75, 3.05) is 34.5 Å². The molecule has 1 aliphatic heterocycles. The third-order valence-corrected chi connectivity index (χ3v) is 3.11. The lowest BCUT2D eigenvalue weighted by Crippen LogP contribution is -2.28. The summed E-state index contributed by atoms with van der Waals surface area (Å²) < 4.78 is 15.8. The zero-order valence-electron chi connectivity index (χ0n) is 12.0. The highest BCUT2D eigenvalue weighted by atomic mass is 16.7. The first-order valence-electron chi connectivity index (χ1n) is 6.41. The van der Waals surface area contributed by atoms with Gasteiger partial charge in [0, 0.05) is 0 Å². The van der Waals surface area contributed by atoms with Crippen molar-refractivity contribution in [1.29, 1.82) is 0 Å². The molecule has 6 nitrogen and oxygen atoms in total. The average Bonchev–Trinajstić information content (AvgIpc) is 3.00. The van der Waals surface area contributed by atoms with Crippen LogP contribution in [0.2, 0.25) is 0 Å². The Bertz CT molecular complexity index is 457. The summed E-state index contributed by atoms with van der Waals surface area (Å²) in [7, 11) is 4.64. The van der Waals surface area contributed by atoms with Crippen LogP contribution in [0.1, 0.15) is 12.0 Å². The maximum Gasteiger partial charge on any atom is 0.250 e. The first kappa shape index (κ1) is 14.5. The highest BCUT2D eigenvalue weighted by Gasteiger charge is 2.21. The van der Waals surface area contributed by atoms with Crippen molar-refractivity contribution in [1.82, 2.24) is 5.06 Å². The van der Waals surface area contributed by atoms with Crippen LogP contribution in [0, 0.1) is 0 Å². The molecule has 0 N–H and O–H groups in total. The van der Waals surface area contributed by atoms with Gasteiger partial charge < -0.3 is 14.2 Å². The number of hydroxylamine groups is 2. The third kappa shape index (κ3) is 2.96. The number of ether oxygens (including phenoxy) is 3. The summed E-state index contributed by atoms with van der Waals surface area (Å²) >= 11 is 0. The zero-order chi connectivity index (χ0) is 14.5. The van der Waals surface area contributed by atoms with Gasteiger partial charge >= 0.3 is 0 Å². The van der Waals surface area contributed by atoms with Crippen LogP contribution in [-0.4, -0.2) is 45.5 Å². The summed E-state index contributed by atoms with van der Waals surface area (Å²) in [5.74, 6) is 1.52. The molecule has 1 aliphatic rings. The SMILES string of the molecule is COc1cc(CC(=O)N2CCCO2)cc(OC)c1OC. The van der Waals surface area contributed by atoms with E-state index in [9.17, 15) is 4.79 Å². The van der Waals surface area contributed by atoms with Crippen molar-refractivity contribution in [3.63, 3.8) is 0 Å². The van der Waals surface area contributed by atoms with E-state index in [1.54, 1.807) is 33.5 Å². The number of carbonyl (C=O) groups is 1. The third-order valence-electron chi connectivity index (χ3n) is 3.11. The van der Waals surface area contributed by atoms with Gasteiger partial charge in [-0.25, -0.2) is 5.06 Å². The van der Waals surface area contributed by atoms with Crippen LogP contribution in [0.15, 0.2) is 12.1 Å². The van der Waals surface area contributed by atoms with Gasteiger partial charge in [-0.1, -0.05) is 0 Å². The molecular weight excluding hydrogens is 262 g/mol. The van der Waals surface area contributed by atoms with Crippen LogP contribution in [0.5, 0.6) is 17.2 Å². The fourth-order valence-electron chi connectivity index (χ4n) is 2.14. The van der Waals surface area contributed by atoms with Gasteiger partial charge in [-0.15, -0.1) is 0 Å². The minimum absolute atomic E-state index is 0.0724. The van der Waals surface area contributed by atoms with Crippen LogP contribution >= 0.6 is 0 Å². The molecule has 0 aliphatic carbocycles. The Morgan fingerprint density at radius 3 is 2.30 bits per heavy atom. The second-order valence-electron chi connectivity index (χ2n) is 4.39. The summed E-state index contributed by atoms with van der Waals surface area (Å²) in [5, 5.41) is 1.41. The smallest absolute Gasteiger partial charge is 0.250 e. The van der Waals surface area contributed by atoms with Crippen molar-refractivity contribution < 1.29 is 23.8 Å². The molecule has 0 aromatic heterocycles. The monoisotopic (exact) mass is 281 g/mol. The topological polar surface area (TPSA) is 57.2 Å².